The molecule has 1 aliphatic carbocycles. The first-order valence-corrected chi connectivity index (χ1v) is 5.49. The van der Waals surface area contributed by atoms with Crippen molar-refractivity contribution in [3.63, 3.8) is 0 Å². The Balaban J connectivity index is 2.49. The van der Waals surface area contributed by atoms with E-state index in [1.807, 2.05) is 6.08 Å². The third-order valence-corrected chi connectivity index (χ3v) is 3.02. The largest absolute Gasteiger partial charge is 0.0984 e. The monoisotopic (exact) mass is 186 g/mol. The third kappa shape index (κ3) is 1.61. The van der Waals surface area contributed by atoms with Gasteiger partial charge in [0.1, 0.15) is 0 Å². The van der Waals surface area contributed by atoms with Crippen molar-refractivity contribution in [2.75, 3.05) is 0 Å². The van der Waals surface area contributed by atoms with E-state index in [4.69, 9.17) is 0 Å². The molecule has 0 unspecified atom stereocenters. The summed E-state index contributed by atoms with van der Waals surface area (Å²) in [5, 5.41) is 0. The summed E-state index contributed by atoms with van der Waals surface area (Å²) in [6.07, 6.45) is 4.76. The Morgan fingerprint density at radius 2 is 2.07 bits per heavy atom. The van der Waals surface area contributed by atoms with Gasteiger partial charge in [0, 0.05) is 0 Å². The highest BCUT2D eigenvalue weighted by Gasteiger charge is 2.26. The summed E-state index contributed by atoms with van der Waals surface area (Å²) in [6, 6.07) is 6.68. The van der Waals surface area contributed by atoms with Gasteiger partial charge >= 0.3 is 0 Å². The highest BCUT2D eigenvalue weighted by Crippen LogP contribution is 2.43. The maximum Gasteiger partial charge on any atom is -0.0155 e. The minimum absolute atomic E-state index is 0.599. The van der Waals surface area contributed by atoms with Gasteiger partial charge in [-0.25, -0.2) is 0 Å². The van der Waals surface area contributed by atoms with Crippen LogP contribution in [0.25, 0.3) is 6.08 Å². The number of benzene rings is 1. The van der Waals surface area contributed by atoms with E-state index in [1.165, 1.54) is 29.5 Å². The van der Waals surface area contributed by atoms with Crippen molar-refractivity contribution < 1.29 is 0 Å². The van der Waals surface area contributed by atoms with Crippen molar-refractivity contribution in [1.29, 1.82) is 0 Å². The molecule has 0 amide bonds. The lowest BCUT2D eigenvalue weighted by molar-refractivity contribution is 0.858. The van der Waals surface area contributed by atoms with Crippen LogP contribution in [0.15, 0.2) is 24.8 Å². The maximum absolute atomic E-state index is 3.94. The summed E-state index contributed by atoms with van der Waals surface area (Å²) in [6.45, 7) is 8.44. The normalized spacial score (nSPS) is 15.9. The van der Waals surface area contributed by atoms with Crippen molar-refractivity contribution in [2.24, 2.45) is 0 Å². The molecule has 1 aromatic carbocycles. The molecular weight excluding hydrogens is 168 g/mol. The van der Waals surface area contributed by atoms with Gasteiger partial charge in [0.2, 0.25) is 0 Å². The lowest BCUT2D eigenvalue weighted by atomic mass is 9.91. The Morgan fingerprint density at radius 1 is 1.36 bits per heavy atom. The molecule has 1 saturated carbocycles. The first kappa shape index (κ1) is 9.51. The van der Waals surface area contributed by atoms with Gasteiger partial charge in [0.25, 0.3) is 0 Å². The topological polar surface area (TPSA) is 0 Å². The molecule has 1 fully saturated rings. The molecule has 1 aromatic rings. The van der Waals surface area contributed by atoms with Crippen molar-refractivity contribution >= 4 is 6.08 Å². The zero-order valence-corrected chi connectivity index (χ0v) is 9.09. The Hall–Kier alpha value is -1.04. The molecule has 0 aromatic heterocycles. The van der Waals surface area contributed by atoms with E-state index in [0.717, 1.165) is 5.92 Å². The van der Waals surface area contributed by atoms with Crippen molar-refractivity contribution in [1.82, 2.24) is 0 Å². The van der Waals surface area contributed by atoms with Crippen LogP contribution in [0.1, 0.15) is 55.2 Å². The van der Waals surface area contributed by atoms with Crippen molar-refractivity contribution in [3.8, 4) is 0 Å². The Kier molecular flexibility index (Phi) is 2.45. The zero-order valence-electron chi connectivity index (χ0n) is 9.09. The minimum Gasteiger partial charge on any atom is -0.0984 e. The van der Waals surface area contributed by atoms with Crippen LogP contribution in [0.5, 0.6) is 0 Å². The molecule has 0 spiro atoms. The van der Waals surface area contributed by atoms with Crippen molar-refractivity contribution in [2.45, 2.75) is 38.5 Å². The molecule has 0 saturated heterocycles. The summed E-state index contributed by atoms with van der Waals surface area (Å²) in [4.78, 5) is 0. The maximum atomic E-state index is 3.94. The molecule has 2 rings (SSSR count). The quantitative estimate of drug-likeness (QED) is 0.659. The van der Waals surface area contributed by atoms with Gasteiger partial charge in [-0.1, -0.05) is 44.7 Å². The standard InChI is InChI=1S/C14H18/c1-4-12-13(10(2)3)6-5-7-14(12)11-8-9-11/h4-7,10-11H,1,8-9H2,2-3H3. The molecule has 74 valence electrons. The van der Waals surface area contributed by atoms with Gasteiger partial charge < -0.3 is 0 Å². The first-order valence-electron chi connectivity index (χ1n) is 5.49. The SMILES string of the molecule is C=Cc1c(C(C)C)cccc1C1CC1. The van der Waals surface area contributed by atoms with Crippen LogP contribution in [-0.4, -0.2) is 0 Å². The summed E-state index contributed by atoms with van der Waals surface area (Å²) in [5.74, 6) is 1.42. The van der Waals surface area contributed by atoms with E-state index in [9.17, 15) is 0 Å². The Labute approximate surface area is 86.7 Å². The fraction of sp³-hybridized carbons (Fsp3) is 0.429. The van der Waals surface area contributed by atoms with Crippen molar-refractivity contribution in [3.05, 3.63) is 41.5 Å². The molecule has 0 bridgehead atoms. The van der Waals surface area contributed by atoms with Crippen LogP contribution < -0.4 is 0 Å². The molecule has 0 N–H and O–H groups in total. The van der Waals surface area contributed by atoms with E-state index in [2.05, 4.69) is 38.6 Å². The van der Waals surface area contributed by atoms with Crippen LogP contribution >= 0.6 is 0 Å². The van der Waals surface area contributed by atoms with Gasteiger partial charge in [-0.05, 0) is 41.4 Å². The van der Waals surface area contributed by atoms with E-state index >= 15 is 0 Å². The van der Waals surface area contributed by atoms with Gasteiger partial charge in [-0.2, -0.15) is 0 Å². The minimum atomic E-state index is 0.599. The van der Waals surface area contributed by atoms with E-state index in [1.54, 1.807) is 0 Å². The van der Waals surface area contributed by atoms with E-state index < -0.39 is 0 Å². The van der Waals surface area contributed by atoms with Gasteiger partial charge in [0.15, 0.2) is 0 Å². The third-order valence-electron chi connectivity index (χ3n) is 3.02. The highest BCUT2D eigenvalue weighted by atomic mass is 14.3. The van der Waals surface area contributed by atoms with Gasteiger partial charge in [-0.15, -0.1) is 0 Å². The zero-order chi connectivity index (χ0) is 10.1. The second-order valence-electron chi connectivity index (χ2n) is 4.48. The Morgan fingerprint density at radius 3 is 2.57 bits per heavy atom. The predicted molar refractivity (Wildman–Crippen MR) is 62.6 cm³/mol. The van der Waals surface area contributed by atoms with Gasteiger partial charge in [-0.3, -0.25) is 0 Å². The van der Waals surface area contributed by atoms with Gasteiger partial charge in [0.05, 0.1) is 0 Å². The average Bonchev–Trinajstić information content (AvgIpc) is 2.99. The lowest BCUT2D eigenvalue weighted by Crippen LogP contribution is -1.96. The highest BCUT2D eigenvalue weighted by molar-refractivity contribution is 5.59. The summed E-state index contributed by atoms with van der Waals surface area (Å²) >= 11 is 0. The number of rotatable bonds is 3. The van der Waals surface area contributed by atoms with Crippen LogP contribution in [-0.2, 0) is 0 Å². The molecule has 14 heavy (non-hydrogen) atoms. The molecule has 0 heterocycles. The second kappa shape index (κ2) is 3.61. The van der Waals surface area contributed by atoms with Crippen LogP contribution in [0, 0.1) is 0 Å². The fourth-order valence-corrected chi connectivity index (χ4v) is 2.09. The number of hydrogen-bond donors (Lipinski definition) is 0. The summed E-state index contributed by atoms with van der Waals surface area (Å²) in [7, 11) is 0. The molecule has 0 atom stereocenters. The van der Waals surface area contributed by atoms with Crippen LogP contribution in [0.2, 0.25) is 0 Å². The average molecular weight is 186 g/mol. The molecule has 0 heteroatoms. The fourth-order valence-electron chi connectivity index (χ4n) is 2.09. The van der Waals surface area contributed by atoms with Crippen LogP contribution in [0.4, 0.5) is 0 Å². The molecule has 0 nitrogen and oxygen atoms in total. The predicted octanol–water partition coefficient (Wildman–Crippen LogP) is 4.33. The Bertz CT molecular complexity index is 323. The van der Waals surface area contributed by atoms with E-state index in [0.29, 0.717) is 5.92 Å². The smallest absolute Gasteiger partial charge is 0.0155 e. The summed E-state index contributed by atoms with van der Waals surface area (Å²) in [5.41, 5.74) is 4.36. The summed E-state index contributed by atoms with van der Waals surface area (Å²) < 4.78 is 0. The van der Waals surface area contributed by atoms with E-state index in [-0.39, 0.29) is 0 Å². The molecule has 1 aliphatic rings. The molecule has 0 aliphatic heterocycles. The second-order valence-corrected chi connectivity index (χ2v) is 4.48. The van der Waals surface area contributed by atoms with Crippen LogP contribution in [0.3, 0.4) is 0 Å². The lowest BCUT2D eigenvalue weighted by Gasteiger charge is -2.13. The number of hydrogen-bond acceptors (Lipinski definition) is 0. The molecular formula is C14H18. The first-order chi connectivity index (χ1) is 6.74. The molecule has 0 radical (unpaired) electrons.